The number of non-ortho nitro benzene ring substituents is 2. The minimum atomic E-state index is -0.978. The van der Waals surface area contributed by atoms with E-state index in [-0.39, 0.29) is 152 Å². The van der Waals surface area contributed by atoms with Gasteiger partial charge < -0.3 is 67.8 Å². The number of hydrogen-bond donors (Lipinski definition) is 3. The van der Waals surface area contributed by atoms with Crippen LogP contribution < -0.4 is 9.47 Å². The number of morpholine rings is 2. The fourth-order valence-corrected chi connectivity index (χ4v) is 28.8. The number of halogens is 1. The van der Waals surface area contributed by atoms with Crippen LogP contribution in [0.5, 0.6) is 11.5 Å². The van der Waals surface area contributed by atoms with Crippen LogP contribution in [0.3, 0.4) is 0 Å². The molecule has 2 aromatic carbocycles. The number of hydrogen-bond acceptors (Lipinski definition) is 20. The Morgan fingerprint density at radius 1 is 0.541 bits per heavy atom. The van der Waals surface area contributed by atoms with E-state index in [1.807, 2.05) is 9.80 Å². The second kappa shape index (κ2) is 28.9. The van der Waals surface area contributed by atoms with Crippen LogP contribution in [0.1, 0.15) is 210 Å². The van der Waals surface area contributed by atoms with Gasteiger partial charge in [0, 0.05) is 72.6 Å². The fraction of sp³-hybridized carbons (Fsp3) is 0.814. The normalized spacial score (nSPS) is 44.8. The molecule has 0 unspecified atom stereocenters. The molecule has 0 aromatic heterocycles. The van der Waals surface area contributed by atoms with Gasteiger partial charge in [0.2, 0.25) is 11.8 Å². The zero-order valence-electron chi connectivity index (χ0n) is 66.8. The van der Waals surface area contributed by atoms with Crippen molar-refractivity contribution in [1.29, 1.82) is 0 Å². The molecule has 2 amide bonds. The number of ether oxygens (including phenoxy) is 9. The lowest BCUT2D eigenvalue weighted by Crippen LogP contribution is -2.60. The van der Waals surface area contributed by atoms with E-state index in [9.17, 15) is 54.7 Å². The molecule has 4 spiro atoms. The maximum absolute atomic E-state index is 12.9. The summed E-state index contributed by atoms with van der Waals surface area (Å²) in [4.78, 5) is 72.7. The number of carbonyl (C=O) groups excluding carboxylic acids is 4. The van der Waals surface area contributed by atoms with Crippen LogP contribution in [0.25, 0.3) is 0 Å². The average molecular weight is 1570 g/mol. The van der Waals surface area contributed by atoms with Crippen molar-refractivity contribution >= 4 is 46.4 Å². The number of aliphatic hydroxyl groups excluding tert-OH is 3. The minimum absolute atomic E-state index is 0.0106. The molecule has 4 saturated heterocycles. The summed E-state index contributed by atoms with van der Waals surface area (Å²) in [6.45, 7) is 27.7. The molecule has 4 heterocycles. The number of benzene rings is 2. The molecule has 4 aliphatic heterocycles. The van der Waals surface area contributed by atoms with Gasteiger partial charge >= 0.3 is 11.6 Å². The number of nitrogens with zero attached hydrogens (tertiary/aromatic N) is 4. The van der Waals surface area contributed by atoms with Gasteiger partial charge in [0.15, 0.2) is 12.6 Å². The molecule has 0 radical (unpaired) electrons. The van der Waals surface area contributed by atoms with Gasteiger partial charge in [-0.1, -0.05) is 69.2 Å². The monoisotopic (exact) mass is 1560 g/mol. The standard InChI is InChI=1S/C43H60N2O10.C36H57NO6.C7H4ClNO4/c1-25-20-29(23-52-38(48)54-28-10-8-27(9-11-28)45(49)50)53-36-35(25)40(4)16-17-43-24-42(43)15-14-32(39(2,3)30(42)12-13-31(43)41(40,5)37(36)47)55-34-22-44(18-19-51-34)33(46)21-26-6-7-26;1-21-16-23(19-38)42-30-29(21)33(4)12-13-36-20-35(36)11-10-26(32(2,3)24(35)8-9-25(36)34(33,5)31(30)40)43-28-18-37(14-15-41-28)27(39)17-22-6-7-22;8-7(10)13-6-3-1-5(2-4-6)9(11)12/h8-11,25-26,29-32,34-37,47H,6-7,12-24H2,1-5H3;21-26,28-31,38,40H,6-20H2,1-5H3;1-4H/t25-,29-,30+,31+,32+,34+,35+,36+,37+,40-,41-,42-,43+;21-,23-,24+,25+,26+,28+,29+,30+,31+,33-,34-,35-,36+;/m11./s1. The molecule has 12 aliphatic carbocycles. The van der Waals surface area contributed by atoms with Crippen LogP contribution in [0, 0.1) is 134 Å². The number of nitro benzene ring substituents is 2. The van der Waals surface area contributed by atoms with E-state index in [0.717, 1.165) is 51.4 Å². The third-order valence-electron chi connectivity index (χ3n) is 34.4. The van der Waals surface area contributed by atoms with E-state index in [2.05, 4.69) is 74.0 Å². The maximum Gasteiger partial charge on any atom is 0.513 e. The van der Waals surface area contributed by atoms with Crippen LogP contribution in [0.15, 0.2) is 48.5 Å². The summed E-state index contributed by atoms with van der Waals surface area (Å²) < 4.78 is 54.4. The highest BCUT2D eigenvalue weighted by Gasteiger charge is 2.87. The minimum Gasteiger partial charge on any atom is -0.431 e. The van der Waals surface area contributed by atoms with E-state index in [0.29, 0.717) is 110 Å². The molecular formula is C86H121ClN4O20. The van der Waals surface area contributed by atoms with Gasteiger partial charge in [0.25, 0.3) is 11.4 Å². The average Bonchev–Trinajstić information content (AvgIpc) is 1.46. The molecule has 0 bridgehead atoms. The van der Waals surface area contributed by atoms with Crippen molar-refractivity contribution in [3.05, 3.63) is 68.8 Å². The first-order chi connectivity index (χ1) is 52.6. The van der Waals surface area contributed by atoms with E-state index in [1.165, 1.54) is 126 Å². The Balaban J connectivity index is 0.000000148. The third kappa shape index (κ3) is 13.0. The molecule has 111 heavy (non-hydrogen) atoms. The SMILES string of the molecule is C[C@@H]1C[C@H](CO)O[C@H]2[C@H]1[C@@]1(C)CC[C@@]34C[C@@]35CC[C@H](O[C@H]3CN(C(=O)CC6CC6)CCO3)C(C)(C)[C@@H]5CC[C@H]4[C@]1(C)[C@H]2O.C[C@@H]1C[C@H](COC(=O)Oc2ccc([N+](=O)[O-])cc2)O[C@H]2[C@H]1[C@@]1(C)CC[C@@]34C[C@@]35CC[C@H](O[C@H]3CN(C(=O)CC6CC6)CCO3)C(C)(C)[C@@H]5CC[C@H]4[C@]1(C)[C@H]2O.O=C(Cl)Oc1ccc([N+](=O)[O-])cc1. The van der Waals surface area contributed by atoms with E-state index in [1.54, 1.807) is 0 Å². The molecular weight excluding hydrogens is 1440 g/mol. The first-order valence-electron chi connectivity index (χ1n) is 42.2. The number of amides is 2. The summed E-state index contributed by atoms with van der Waals surface area (Å²) in [5.74, 6) is 5.36. The molecule has 16 fully saturated rings. The van der Waals surface area contributed by atoms with E-state index >= 15 is 0 Å². The van der Waals surface area contributed by atoms with Crippen molar-refractivity contribution in [2.45, 2.75) is 272 Å². The molecule has 3 N–H and O–H groups in total. The molecule has 2 aromatic rings. The molecule has 24 nitrogen and oxygen atoms in total. The van der Waals surface area contributed by atoms with Crippen molar-refractivity contribution in [2.24, 2.45) is 113 Å². The zero-order valence-corrected chi connectivity index (χ0v) is 67.6. The molecule has 18 rings (SSSR count). The van der Waals surface area contributed by atoms with Crippen molar-refractivity contribution in [2.75, 3.05) is 52.6 Å². The van der Waals surface area contributed by atoms with Gasteiger partial charge in [0.1, 0.15) is 18.1 Å². The molecule has 25 heteroatoms. The topological polar surface area (TPSA) is 305 Å². The predicted molar refractivity (Wildman–Crippen MR) is 406 cm³/mol. The Bertz CT molecular complexity index is 3880. The molecule has 12 saturated carbocycles. The lowest BCUT2D eigenvalue weighted by atomic mass is 9.41. The van der Waals surface area contributed by atoms with Crippen molar-refractivity contribution < 1.29 is 87.0 Å². The summed E-state index contributed by atoms with van der Waals surface area (Å²) in [7, 11) is 0. The summed E-state index contributed by atoms with van der Waals surface area (Å²) in [5.41, 5.74) is -0.529. The number of carbonyl (C=O) groups is 4. The van der Waals surface area contributed by atoms with Gasteiger partial charge in [-0.2, -0.15) is 0 Å². The van der Waals surface area contributed by atoms with Crippen LogP contribution in [-0.4, -0.2) is 172 Å². The fourth-order valence-electron chi connectivity index (χ4n) is 28.7. The van der Waals surface area contributed by atoms with Gasteiger partial charge in [0.05, 0.1) is 91.6 Å². The quantitative estimate of drug-likeness (QED) is 0.0490. The van der Waals surface area contributed by atoms with Crippen molar-refractivity contribution in [3.63, 3.8) is 0 Å². The highest BCUT2D eigenvalue weighted by Crippen LogP contribution is 2.91. The Morgan fingerprint density at radius 2 is 0.937 bits per heavy atom. The number of fused-ring (bicyclic) bond motifs is 8. The van der Waals surface area contributed by atoms with E-state index < -0.39 is 33.6 Å². The lowest BCUT2D eigenvalue weighted by molar-refractivity contribution is -0.385. The molecule has 26 atom stereocenters. The predicted octanol–water partition coefficient (Wildman–Crippen LogP) is 14.8. The van der Waals surface area contributed by atoms with Crippen LogP contribution in [-0.2, 0) is 42.7 Å². The number of rotatable bonds is 15. The smallest absolute Gasteiger partial charge is 0.431 e. The Kier molecular flexibility index (Phi) is 20.7. The van der Waals surface area contributed by atoms with Gasteiger partial charge in [-0.15, -0.1) is 0 Å². The van der Waals surface area contributed by atoms with E-state index in [4.69, 9.17) is 49.5 Å². The third-order valence-corrected chi connectivity index (χ3v) is 34.5. The van der Waals surface area contributed by atoms with Crippen LogP contribution in [0.2, 0.25) is 0 Å². The molecule has 612 valence electrons. The van der Waals surface area contributed by atoms with Gasteiger partial charge in [-0.25, -0.2) is 9.59 Å². The van der Waals surface area contributed by atoms with Crippen molar-refractivity contribution in [3.8, 4) is 11.5 Å². The lowest BCUT2D eigenvalue weighted by Gasteiger charge is -2.64. The van der Waals surface area contributed by atoms with Gasteiger partial charge in [-0.05, 0) is 255 Å². The summed E-state index contributed by atoms with van der Waals surface area (Å²) in [5, 5.41) is 55.9. The highest BCUT2D eigenvalue weighted by molar-refractivity contribution is 6.61. The molecule has 16 aliphatic rings. The van der Waals surface area contributed by atoms with Crippen LogP contribution >= 0.6 is 11.6 Å². The van der Waals surface area contributed by atoms with Gasteiger partial charge in [-0.3, -0.25) is 29.8 Å². The van der Waals surface area contributed by atoms with Crippen molar-refractivity contribution in [1.82, 2.24) is 9.80 Å². The summed E-state index contributed by atoms with van der Waals surface area (Å²) in [6, 6.07) is 10.3. The number of aliphatic hydroxyl groups is 3. The Hall–Kier alpha value is -5.15. The second-order valence-electron chi connectivity index (χ2n) is 39.8. The second-order valence-corrected chi connectivity index (χ2v) is 40.1. The highest BCUT2D eigenvalue weighted by atomic mass is 35.5. The number of nitro groups is 2. The summed E-state index contributed by atoms with van der Waals surface area (Å²) in [6.07, 6.45) is 20.4. The first kappa shape index (κ1) is 79.7. The van der Waals surface area contributed by atoms with Crippen LogP contribution in [0.4, 0.5) is 21.0 Å². The largest absolute Gasteiger partial charge is 0.513 e. The Morgan fingerprint density at radius 3 is 1.34 bits per heavy atom. The summed E-state index contributed by atoms with van der Waals surface area (Å²) >= 11 is 4.92. The maximum atomic E-state index is 12.9. The first-order valence-corrected chi connectivity index (χ1v) is 42.6. The Labute approximate surface area is 658 Å². The zero-order chi connectivity index (χ0) is 78.7.